The maximum Gasteiger partial charge on any atom is 0.323 e. The van der Waals surface area contributed by atoms with E-state index < -0.39 is 5.97 Å². The van der Waals surface area contributed by atoms with Gasteiger partial charge in [0.1, 0.15) is 6.54 Å². The Hall–Kier alpha value is -1.52. The molecule has 0 heterocycles. The summed E-state index contributed by atoms with van der Waals surface area (Å²) in [6.07, 6.45) is 5.59. The molecule has 0 atom stereocenters. The number of carbonyl (C=O) groups is 2. The molecule has 1 aliphatic rings. The van der Waals surface area contributed by atoms with E-state index in [-0.39, 0.29) is 24.2 Å². The normalized spacial score (nSPS) is 15.9. The summed E-state index contributed by atoms with van der Waals surface area (Å²) in [5, 5.41) is 9.08. The van der Waals surface area contributed by atoms with Gasteiger partial charge in [-0.3, -0.25) is 4.79 Å². The summed E-state index contributed by atoms with van der Waals surface area (Å²) in [5.41, 5.74) is -0.360. The Kier molecular flexibility index (Phi) is 5.60. The van der Waals surface area contributed by atoms with E-state index >= 15 is 0 Å². The first-order valence-corrected chi connectivity index (χ1v) is 7.18. The fourth-order valence-corrected chi connectivity index (χ4v) is 2.64. The third-order valence-electron chi connectivity index (χ3n) is 3.67. The van der Waals surface area contributed by atoms with Crippen molar-refractivity contribution in [1.29, 1.82) is 0 Å². The molecule has 20 heavy (non-hydrogen) atoms. The number of amides is 2. The number of aliphatic carboxylic acids is 1. The van der Waals surface area contributed by atoms with E-state index in [1.165, 1.54) is 4.90 Å². The molecular weight excluding hydrogens is 256 g/mol. The van der Waals surface area contributed by atoms with Crippen LogP contribution < -0.4 is 0 Å². The minimum Gasteiger partial charge on any atom is -0.480 e. The van der Waals surface area contributed by atoms with E-state index in [4.69, 9.17) is 5.11 Å². The average Bonchev–Trinajstić information content (AvgIpc) is 2.84. The molecular formula is C15H26N2O3. The minimum atomic E-state index is -0.960. The monoisotopic (exact) mass is 282 g/mol. The van der Waals surface area contributed by atoms with E-state index in [0.29, 0.717) is 6.54 Å². The molecule has 1 aliphatic carbocycles. The van der Waals surface area contributed by atoms with Crippen LogP contribution in [-0.2, 0) is 4.79 Å². The summed E-state index contributed by atoms with van der Waals surface area (Å²) >= 11 is 0. The van der Waals surface area contributed by atoms with Crippen molar-refractivity contribution in [3.05, 3.63) is 12.7 Å². The van der Waals surface area contributed by atoms with Gasteiger partial charge in [-0.15, -0.1) is 6.58 Å². The predicted octanol–water partition coefficient (Wildman–Crippen LogP) is 2.72. The molecule has 0 unspecified atom stereocenters. The van der Waals surface area contributed by atoms with Crippen molar-refractivity contribution in [2.24, 2.45) is 0 Å². The maximum atomic E-state index is 12.7. The van der Waals surface area contributed by atoms with Crippen LogP contribution in [-0.4, -0.2) is 51.6 Å². The highest BCUT2D eigenvalue weighted by molar-refractivity contribution is 5.81. The van der Waals surface area contributed by atoms with Crippen molar-refractivity contribution in [2.75, 3.05) is 13.1 Å². The topological polar surface area (TPSA) is 60.9 Å². The Balaban J connectivity index is 2.94. The third-order valence-corrected chi connectivity index (χ3v) is 3.67. The van der Waals surface area contributed by atoms with Gasteiger partial charge < -0.3 is 14.9 Å². The van der Waals surface area contributed by atoms with Crippen molar-refractivity contribution in [3.63, 3.8) is 0 Å². The number of rotatable bonds is 5. The van der Waals surface area contributed by atoms with Gasteiger partial charge in [0.05, 0.1) is 0 Å². The van der Waals surface area contributed by atoms with Crippen LogP contribution in [0.3, 0.4) is 0 Å². The zero-order chi connectivity index (χ0) is 15.3. The van der Waals surface area contributed by atoms with Crippen LogP contribution in [0.25, 0.3) is 0 Å². The second-order valence-corrected chi connectivity index (χ2v) is 6.31. The van der Waals surface area contributed by atoms with Crippen LogP contribution in [0.4, 0.5) is 4.79 Å². The molecule has 0 aromatic heterocycles. The number of carboxylic acids is 1. The van der Waals surface area contributed by atoms with E-state index in [0.717, 1.165) is 25.7 Å². The second-order valence-electron chi connectivity index (χ2n) is 6.31. The van der Waals surface area contributed by atoms with Crippen molar-refractivity contribution in [2.45, 2.75) is 58.0 Å². The van der Waals surface area contributed by atoms with Crippen molar-refractivity contribution >= 4 is 12.0 Å². The number of hydrogen-bond acceptors (Lipinski definition) is 2. The highest BCUT2D eigenvalue weighted by atomic mass is 16.4. The molecule has 0 aromatic carbocycles. The number of urea groups is 1. The van der Waals surface area contributed by atoms with Gasteiger partial charge in [-0.05, 0) is 33.6 Å². The van der Waals surface area contributed by atoms with Crippen LogP contribution in [0.1, 0.15) is 46.5 Å². The second kappa shape index (κ2) is 6.77. The first-order chi connectivity index (χ1) is 9.27. The first kappa shape index (κ1) is 16.5. The third kappa shape index (κ3) is 4.25. The maximum absolute atomic E-state index is 12.7. The lowest BCUT2D eigenvalue weighted by Gasteiger charge is -2.40. The number of hydrogen-bond donors (Lipinski definition) is 1. The summed E-state index contributed by atoms with van der Waals surface area (Å²) < 4.78 is 0. The number of carboxylic acid groups (broad SMARTS) is 1. The summed E-state index contributed by atoms with van der Waals surface area (Å²) in [4.78, 5) is 27.0. The standard InChI is InChI=1S/C15H26N2O3/c1-5-10-17(15(2,3)4)14(20)16(11-13(18)19)12-8-6-7-9-12/h5,12H,1,6-11H2,2-4H3,(H,18,19). The van der Waals surface area contributed by atoms with Crippen LogP contribution in [0, 0.1) is 0 Å². The van der Waals surface area contributed by atoms with Gasteiger partial charge in [0, 0.05) is 18.1 Å². The smallest absolute Gasteiger partial charge is 0.323 e. The average molecular weight is 282 g/mol. The summed E-state index contributed by atoms with van der Waals surface area (Å²) in [5.74, 6) is -0.960. The molecule has 0 bridgehead atoms. The molecule has 114 valence electrons. The summed E-state index contributed by atoms with van der Waals surface area (Å²) in [6.45, 7) is 9.72. The van der Waals surface area contributed by atoms with Crippen LogP contribution in [0.15, 0.2) is 12.7 Å². The van der Waals surface area contributed by atoms with Crippen molar-refractivity contribution in [1.82, 2.24) is 9.80 Å². The Bertz CT molecular complexity index is 368. The van der Waals surface area contributed by atoms with E-state index in [1.54, 1.807) is 11.0 Å². The fraction of sp³-hybridized carbons (Fsp3) is 0.733. The van der Waals surface area contributed by atoms with Crippen molar-refractivity contribution in [3.8, 4) is 0 Å². The van der Waals surface area contributed by atoms with Gasteiger partial charge in [0.2, 0.25) is 0 Å². The lowest BCUT2D eigenvalue weighted by atomic mass is 10.1. The molecule has 0 aromatic rings. The predicted molar refractivity (Wildman–Crippen MR) is 78.6 cm³/mol. The van der Waals surface area contributed by atoms with Gasteiger partial charge in [-0.25, -0.2) is 4.79 Å². The quantitative estimate of drug-likeness (QED) is 0.789. The zero-order valence-corrected chi connectivity index (χ0v) is 12.8. The Labute approximate surface area is 121 Å². The minimum absolute atomic E-state index is 0.0493. The summed E-state index contributed by atoms with van der Waals surface area (Å²) in [6, 6.07) is -0.153. The largest absolute Gasteiger partial charge is 0.480 e. The molecule has 1 fully saturated rings. The molecule has 1 rings (SSSR count). The molecule has 0 aliphatic heterocycles. The molecule has 5 heteroatoms. The van der Waals surface area contributed by atoms with Gasteiger partial charge in [0.25, 0.3) is 0 Å². The lowest BCUT2D eigenvalue weighted by molar-refractivity contribution is -0.138. The van der Waals surface area contributed by atoms with Crippen molar-refractivity contribution < 1.29 is 14.7 Å². The van der Waals surface area contributed by atoms with Gasteiger partial charge in [-0.1, -0.05) is 18.9 Å². The SMILES string of the molecule is C=CCN(C(=O)N(CC(=O)O)C1CCCC1)C(C)(C)C. The number of carbonyl (C=O) groups excluding carboxylic acids is 1. The number of nitrogens with zero attached hydrogens (tertiary/aromatic N) is 2. The van der Waals surface area contributed by atoms with E-state index in [2.05, 4.69) is 6.58 Å². The van der Waals surface area contributed by atoms with Gasteiger partial charge in [-0.2, -0.15) is 0 Å². The van der Waals surface area contributed by atoms with Crippen LogP contribution in [0.2, 0.25) is 0 Å². The highest BCUT2D eigenvalue weighted by Gasteiger charge is 2.34. The molecule has 0 spiro atoms. The molecule has 1 saturated carbocycles. The lowest BCUT2D eigenvalue weighted by Crippen LogP contribution is -2.55. The fourth-order valence-electron chi connectivity index (χ4n) is 2.64. The van der Waals surface area contributed by atoms with Gasteiger partial charge in [0.15, 0.2) is 0 Å². The molecule has 1 N–H and O–H groups in total. The Morgan fingerprint density at radius 3 is 2.25 bits per heavy atom. The Morgan fingerprint density at radius 2 is 1.85 bits per heavy atom. The molecule has 5 nitrogen and oxygen atoms in total. The van der Waals surface area contributed by atoms with E-state index in [9.17, 15) is 9.59 Å². The van der Waals surface area contributed by atoms with Crippen LogP contribution in [0.5, 0.6) is 0 Å². The molecule has 0 saturated heterocycles. The van der Waals surface area contributed by atoms with E-state index in [1.807, 2.05) is 20.8 Å². The van der Waals surface area contributed by atoms with Gasteiger partial charge >= 0.3 is 12.0 Å². The van der Waals surface area contributed by atoms with Crippen LogP contribution >= 0.6 is 0 Å². The zero-order valence-electron chi connectivity index (χ0n) is 12.8. The molecule has 0 radical (unpaired) electrons. The summed E-state index contributed by atoms with van der Waals surface area (Å²) in [7, 11) is 0. The molecule has 2 amide bonds. The Morgan fingerprint density at radius 1 is 1.30 bits per heavy atom. The first-order valence-electron chi connectivity index (χ1n) is 7.18. The highest BCUT2D eigenvalue weighted by Crippen LogP contribution is 2.26.